The van der Waals surface area contributed by atoms with E-state index >= 15 is 0 Å². The molecule has 0 saturated heterocycles. The Hall–Kier alpha value is -1.27. The molecule has 1 aliphatic rings. The normalized spacial score (nSPS) is 17.0. The average Bonchev–Trinajstić information content (AvgIpc) is 2.91. The number of ether oxygens (including phenoxy) is 1. The second kappa shape index (κ2) is 7.53. The van der Waals surface area contributed by atoms with Gasteiger partial charge >= 0.3 is 6.09 Å². The fourth-order valence-corrected chi connectivity index (χ4v) is 5.04. The Bertz CT molecular complexity index is 627. The molecule has 5 nitrogen and oxygen atoms in total. The lowest BCUT2D eigenvalue weighted by Gasteiger charge is -2.32. The lowest BCUT2D eigenvalue weighted by molar-refractivity contribution is 0.0900. The summed E-state index contributed by atoms with van der Waals surface area (Å²) in [5, 5.41) is 0. The molecule has 0 heterocycles. The maximum Gasteiger partial charge on any atom is 0.409 e. The van der Waals surface area contributed by atoms with E-state index < -0.39 is 20.6 Å². The van der Waals surface area contributed by atoms with E-state index in [1.165, 1.54) is 4.90 Å². The van der Waals surface area contributed by atoms with E-state index in [2.05, 4.69) is 0 Å². The highest BCUT2D eigenvalue weighted by Crippen LogP contribution is 2.40. The molecule has 2 rings (SSSR count). The van der Waals surface area contributed by atoms with Crippen LogP contribution in [0.4, 0.5) is 4.79 Å². The second-order valence-corrected chi connectivity index (χ2v) is 9.06. The maximum atomic E-state index is 12.1. The fourth-order valence-electron chi connectivity index (χ4n) is 3.24. The average molecular weight is 360 g/mol. The number of hydrogen-bond donors (Lipinski definition) is 0. The first kappa shape index (κ1) is 18.1. The largest absolute Gasteiger partial charge is 0.445 e. The minimum atomic E-state index is -3.60. The van der Waals surface area contributed by atoms with Crippen molar-refractivity contribution in [1.82, 2.24) is 4.90 Å². The molecule has 1 saturated carbocycles. The van der Waals surface area contributed by atoms with Gasteiger partial charge in [0.05, 0.1) is 5.75 Å². The number of rotatable bonds is 6. The van der Waals surface area contributed by atoms with Crippen molar-refractivity contribution in [1.29, 1.82) is 0 Å². The highest BCUT2D eigenvalue weighted by molar-refractivity contribution is 8.13. The first-order valence-electron chi connectivity index (χ1n) is 7.64. The number of amides is 1. The number of halogens is 1. The van der Waals surface area contributed by atoms with Crippen molar-refractivity contribution < 1.29 is 17.9 Å². The topological polar surface area (TPSA) is 63.7 Å². The van der Waals surface area contributed by atoms with Gasteiger partial charge in [-0.25, -0.2) is 13.2 Å². The molecule has 1 aromatic carbocycles. The van der Waals surface area contributed by atoms with Crippen LogP contribution in [0.3, 0.4) is 0 Å². The third kappa shape index (κ3) is 5.70. The molecule has 0 unspecified atom stereocenters. The van der Waals surface area contributed by atoms with E-state index in [1.54, 1.807) is 7.05 Å². The summed E-state index contributed by atoms with van der Waals surface area (Å²) >= 11 is 0. The van der Waals surface area contributed by atoms with Crippen LogP contribution < -0.4 is 0 Å². The molecule has 0 N–H and O–H groups in total. The van der Waals surface area contributed by atoms with Crippen molar-refractivity contribution in [2.75, 3.05) is 19.3 Å². The van der Waals surface area contributed by atoms with Gasteiger partial charge in [0.2, 0.25) is 9.05 Å². The van der Waals surface area contributed by atoms with E-state index in [1.807, 2.05) is 30.3 Å². The zero-order valence-corrected chi connectivity index (χ0v) is 14.8. The van der Waals surface area contributed by atoms with Crippen LogP contribution in [-0.4, -0.2) is 38.8 Å². The predicted octanol–water partition coefficient (Wildman–Crippen LogP) is 3.38. The summed E-state index contributed by atoms with van der Waals surface area (Å²) in [6, 6.07) is 9.42. The van der Waals surface area contributed by atoms with Crippen LogP contribution in [0.5, 0.6) is 0 Å². The fraction of sp³-hybridized carbons (Fsp3) is 0.562. The van der Waals surface area contributed by atoms with Crippen molar-refractivity contribution in [3.05, 3.63) is 35.9 Å². The molecule has 1 aromatic rings. The number of benzene rings is 1. The van der Waals surface area contributed by atoms with Crippen molar-refractivity contribution in [3.8, 4) is 0 Å². The molecule has 23 heavy (non-hydrogen) atoms. The number of nitrogens with zero attached hydrogens (tertiary/aromatic N) is 1. The second-order valence-electron chi connectivity index (χ2n) is 6.29. The molecular weight excluding hydrogens is 338 g/mol. The van der Waals surface area contributed by atoms with Crippen LogP contribution in [0.15, 0.2) is 30.3 Å². The smallest absolute Gasteiger partial charge is 0.409 e. The maximum absolute atomic E-state index is 12.1. The number of carbonyl (C=O) groups excluding carboxylic acids is 1. The van der Waals surface area contributed by atoms with Crippen molar-refractivity contribution in [2.45, 2.75) is 32.3 Å². The Morgan fingerprint density at radius 1 is 1.26 bits per heavy atom. The predicted molar refractivity (Wildman–Crippen MR) is 89.8 cm³/mol. The zero-order valence-electron chi connectivity index (χ0n) is 13.2. The summed E-state index contributed by atoms with van der Waals surface area (Å²) in [6.45, 7) is 0.539. The van der Waals surface area contributed by atoms with Gasteiger partial charge in [-0.05, 0) is 18.4 Å². The van der Waals surface area contributed by atoms with Crippen LogP contribution in [0, 0.1) is 5.41 Å². The Labute approximate surface area is 142 Å². The molecule has 128 valence electrons. The minimum absolute atomic E-state index is 0.0993. The standard InChI is InChI=1S/C16H22ClNO4S/c1-18(15(19)22-11-14-7-3-2-4-8-14)12-16(9-5-6-10-16)13-23(17,20)21/h2-4,7-8H,5-6,9-13H2,1H3. The third-order valence-corrected chi connectivity index (χ3v) is 5.52. The van der Waals surface area contributed by atoms with Gasteiger partial charge in [-0.2, -0.15) is 0 Å². The Kier molecular flexibility index (Phi) is 5.92. The van der Waals surface area contributed by atoms with Crippen molar-refractivity contribution in [3.63, 3.8) is 0 Å². The molecular formula is C16H22ClNO4S. The summed E-state index contributed by atoms with van der Waals surface area (Å²) in [6.07, 6.45) is 2.98. The van der Waals surface area contributed by atoms with Gasteiger partial charge in [0.25, 0.3) is 0 Å². The van der Waals surface area contributed by atoms with Gasteiger partial charge in [0, 0.05) is 29.7 Å². The van der Waals surface area contributed by atoms with E-state index in [-0.39, 0.29) is 12.4 Å². The van der Waals surface area contributed by atoms with E-state index in [0.29, 0.717) is 6.54 Å². The molecule has 0 aliphatic heterocycles. The lowest BCUT2D eigenvalue weighted by Crippen LogP contribution is -2.41. The van der Waals surface area contributed by atoms with Crippen molar-refractivity contribution in [2.24, 2.45) is 5.41 Å². The summed E-state index contributed by atoms with van der Waals surface area (Å²) < 4.78 is 28.3. The molecule has 0 spiro atoms. The van der Waals surface area contributed by atoms with Gasteiger partial charge in [-0.15, -0.1) is 0 Å². The van der Waals surface area contributed by atoms with Crippen LogP contribution in [0.2, 0.25) is 0 Å². The molecule has 1 aliphatic carbocycles. The van der Waals surface area contributed by atoms with Gasteiger partial charge in [0.1, 0.15) is 6.61 Å². The number of carbonyl (C=O) groups is 1. The van der Waals surface area contributed by atoms with Gasteiger partial charge in [-0.1, -0.05) is 43.2 Å². The molecule has 0 atom stereocenters. The highest BCUT2D eigenvalue weighted by atomic mass is 35.7. The summed E-state index contributed by atoms with van der Waals surface area (Å²) in [4.78, 5) is 13.6. The quantitative estimate of drug-likeness (QED) is 0.730. The molecule has 0 radical (unpaired) electrons. The van der Waals surface area contributed by atoms with E-state index in [0.717, 1.165) is 31.2 Å². The first-order chi connectivity index (χ1) is 10.8. The summed E-state index contributed by atoms with van der Waals surface area (Å²) in [7, 11) is 3.48. The monoisotopic (exact) mass is 359 g/mol. The van der Waals surface area contributed by atoms with Gasteiger partial charge < -0.3 is 9.64 Å². The molecule has 0 bridgehead atoms. The SMILES string of the molecule is CN(CC1(CS(=O)(=O)Cl)CCCC1)C(=O)OCc1ccccc1. The third-order valence-electron chi connectivity index (χ3n) is 4.23. The lowest BCUT2D eigenvalue weighted by atomic mass is 9.88. The number of hydrogen-bond acceptors (Lipinski definition) is 4. The van der Waals surface area contributed by atoms with Crippen molar-refractivity contribution >= 4 is 25.8 Å². The zero-order chi connectivity index (χ0) is 16.9. The molecule has 7 heteroatoms. The van der Waals surface area contributed by atoms with Crippen LogP contribution in [-0.2, 0) is 20.4 Å². The summed E-state index contributed by atoms with van der Waals surface area (Å²) in [5.41, 5.74) is 0.453. The molecule has 1 amide bonds. The Morgan fingerprint density at radius 3 is 2.43 bits per heavy atom. The molecule has 0 aromatic heterocycles. The Balaban J connectivity index is 1.93. The first-order valence-corrected chi connectivity index (χ1v) is 10.1. The van der Waals surface area contributed by atoms with Gasteiger partial charge in [0.15, 0.2) is 0 Å². The van der Waals surface area contributed by atoms with Crippen LogP contribution in [0.1, 0.15) is 31.2 Å². The highest BCUT2D eigenvalue weighted by Gasteiger charge is 2.39. The summed E-state index contributed by atoms with van der Waals surface area (Å²) in [5.74, 6) is -0.0993. The van der Waals surface area contributed by atoms with Crippen LogP contribution >= 0.6 is 10.7 Å². The van der Waals surface area contributed by atoms with E-state index in [4.69, 9.17) is 15.4 Å². The van der Waals surface area contributed by atoms with Crippen LogP contribution in [0.25, 0.3) is 0 Å². The van der Waals surface area contributed by atoms with Gasteiger partial charge in [-0.3, -0.25) is 0 Å². The Morgan fingerprint density at radius 2 is 1.87 bits per heavy atom. The van der Waals surface area contributed by atoms with E-state index in [9.17, 15) is 13.2 Å². The minimum Gasteiger partial charge on any atom is -0.445 e. The molecule has 1 fully saturated rings.